The highest BCUT2D eigenvalue weighted by molar-refractivity contribution is 5.14. The van der Waals surface area contributed by atoms with Gasteiger partial charge in [-0.3, -0.25) is 4.98 Å². The molecule has 0 bridgehead atoms. The molecule has 0 aliphatic carbocycles. The molecule has 3 heterocycles. The van der Waals surface area contributed by atoms with Gasteiger partial charge in [0.25, 0.3) is 5.89 Å². The average molecular weight is 246 g/mol. The molecule has 0 aromatic carbocycles. The van der Waals surface area contributed by atoms with Crippen LogP contribution in [0.4, 0.5) is 0 Å². The molecule has 6 nitrogen and oxygen atoms in total. The van der Waals surface area contributed by atoms with Crippen molar-refractivity contribution in [2.45, 2.75) is 12.5 Å². The first-order chi connectivity index (χ1) is 8.92. The Morgan fingerprint density at radius 2 is 2.22 bits per heavy atom. The monoisotopic (exact) mass is 246 g/mol. The Morgan fingerprint density at radius 3 is 3.00 bits per heavy atom. The van der Waals surface area contributed by atoms with E-state index in [-0.39, 0.29) is 6.10 Å². The number of nitrogens with zero attached hydrogens (tertiary/aromatic N) is 3. The van der Waals surface area contributed by atoms with Crippen molar-refractivity contribution >= 4 is 0 Å². The summed E-state index contributed by atoms with van der Waals surface area (Å²) in [5.74, 6) is 1.22. The second kappa shape index (κ2) is 5.24. The SMILES string of the molecule is c1cc(Cc2noc(C3CNCCO3)n2)ccn1. The molecule has 1 unspecified atom stereocenters. The smallest absolute Gasteiger partial charge is 0.257 e. The van der Waals surface area contributed by atoms with Crippen LogP contribution in [0.3, 0.4) is 0 Å². The van der Waals surface area contributed by atoms with Crippen molar-refractivity contribution in [2.24, 2.45) is 0 Å². The molecule has 2 aromatic heterocycles. The zero-order valence-corrected chi connectivity index (χ0v) is 9.87. The maximum atomic E-state index is 5.56. The minimum atomic E-state index is -0.127. The summed E-state index contributed by atoms with van der Waals surface area (Å²) >= 11 is 0. The summed E-state index contributed by atoms with van der Waals surface area (Å²) in [5.41, 5.74) is 1.11. The van der Waals surface area contributed by atoms with E-state index >= 15 is 0 Å². The van der Waals surface area contributed by atoms with E-state index in [1.165, 1.54) is 0 Å². The normalized spacial score (nSPS) is 19.9. The van der Waals surface area contributed by atoms with Crippen molar-refractivity contribution in [3.05, 3.63) is 41.8 Å². The highest BCUT2D eigenvalue weighted by Gasteiger charge is 2.22. The first-order valence-corrected chi connectivity index (χ1v) is 5.95. The minimum absolute atomic E-state index is 0.127. The van der Waals surface area contributed by atoms with Crippen LogP contribution in [0.15, 0.2) is 29.0 Å². The van der Waals surface area contributed by atoms with Crippen LogP contribution in [-0.2, 0) is 11.2 Å². The van der Waals surface area contributed by atoms with E-state index in [2.05, 4.69) is 20.4 Å². The van der Waals surface area contributed by atoms with Crippen molar-refractivity contribution in [3.8, 4) is 0 Å². The quantitative estimate of drug-likeness (QED) is 0.860. The Morgan fingerprint density at radius 1 is 1.33 bits per heavy atom. The highest BCUT2D eigenvalue weighted by atomic mass is 16.5. The molecule has 3 rings (SSSR count). The number of morpholine rings is 1. The van der Waals surface area contributed by atoms with E-state index in [4.69, 9.17) is 9.26 Å². The Labute approximate surface area is 104 Å². The average Bonchev–Trinajstić information content (AvgIpc) is 2.89. The molecule has 1 saturated heterocycles. The van der Waals surface area contributed by atoms with Crippen LogP contribution >= 0.6 is 0 Å². The Balaban J connectivity index is 1.69. The molecule has 1 aliphatic heterocycles. The van der Waals surface area contributed by atoms with E-state index in [0.29, 0.717) is 24.7 Å². The van der Waals surface area contributed by atoms with Crippen LogP contribution in [0.1, 0.15) is 23.4 Å². The molecule has 1 atom stereocenters. The third-order valence-electron chi connectivity index (χ3n) is 2.80. The fourth-order valence-corrected chi connectivity index (χ4v) is 1.88. The Kier molecular flexibility index (Phi) is 3.29. The number of pyridine rings is 1. The van der Waals surface area contributed by atoms with Crippen LogP contribution in [0, 0.1) is 0 Å². The molecule has 0 amide bonds. The molecule has 6 heteroatoms. The Bertz CT molecular complexity index is 494. The predicted molar refractivity (Wildman–Crippen MR) is 62.9 cm³/mol. The van der Waals surface area contributed by atoms with Gasteiger partial charge < -0.3 is 14.6 Å². The number of hydrogen-bond donors (Lipinski definition) is 1. The van der Waals surface area contributed by atoms with Crippen molar-refractivity contribution in [2.75, 3.05) is 19.7 Å². The molecule has 0 spiro atoms. The number of rotatable bonds is 3. The molecule has 0 saturated carbocycles. The summed E-state index contributed by atoms with van der Waals surface area (Å²) in [5, 5.41) is 7.20. The molecule has 0 radical (unpaired) electrons. The van der Waals surface area contributed by atoms with Gasteiger partial charge in [0.1, 0.15) is 6.10 Å². The summed E-state index contributed by atoms with van der Waals surface area (Å²) in [6, 6.07) is 3.88. The number of aromatic nitrogens is 3. The molecule has 1 fully saturated rings. The topological polar surface area (TPSA) is 73.1 Å². The minimum Gasteiger partial charge on any atom is -0.366 e. The lowest BCUT2D eigenvalue weighted by molar-refractivity contribution is 0.00755. The van der Waals surface area contributed by atoms with Gasteiger partial charge in [0.05, 0.1) is 6.61 Å². The van der Waals surface area contributed by atoms with Gasteiger partial charge in [-0.1, -0.05) is 5.16 Å². The van der Waals surface area contributed by atoms with Crippen LogP contribution in [0.25, 0.3) is 0 Å². The summed E-state index contributed by atoms with van der Waals surface area (Å²) in [6.45, 7) is 2.26. The fraction of sp³-hybridized carbons (Fsp3) is 0.417. The zero-order chi connectivity index (χ0) is 12.2. The van der Waals surface area contributed by atoms with Gasteiger partial charge in [-0.15, -0.1) is 0 Å². The lowest BCUT2D eigenvalue weighted by Gasteiger charge is -2.19. The number of hydrogen-bond acceptors (Lipinski definition) is 6. The van der Waals surface area contributed by atoms with Gasteiger partial charge in [0, 0.05) is 31.9 Å². The molecule has 1 N–H and O–H groups in total. The van der Waals surface area contributed by atoms with Gasteiger partial charge in [-0.25, -0.2) is 0 Å². The van der Waals surface area contributed by atoms with Crippen molar-refractivity contribution < 1.29 is 9.26 Å². The van der Waals surface area contributed by atoms with Crippen molar-refractivity contribution in [1.82, 2.24) is 20.4 Å². The van der Waals surface area contributed by atoms with E-state index in [0.717, 1.165) is 18.7 Å². The van der Waals surface area contributed by atoms with Gasteiger partial charge in [0.2, 0.25) is 0 Å². The maximum Gasteiger partial charge on any atom is 0.257 e. The maximum absolute atomic E-state index is 5.56. The summed E-state index contributed by atoms with van der Waals surface area (Å²) < 4.78 is 10.8. The van der Waals surface area contributed by atoms with E-state index < -0.39 is 0 Å². The second-order valence-electron chi connectivity index (χ2n) is 4.14. The standard InChI is InChI=1S/C12H14N4O2/c1-3-13-4-2-9(1)7-11-15-12(18-16-11)10-8-14-5-6-17-10/h1-4,10,14H,5-8H2. The lowest BCUT2D eigenvalue weighted by Crippen LogP contribution is -2.33. The van der Waals surface area contributed by atoms with Crippen molar-refractivity contribution in [1.29, 1.82) is 0 Å². The summed E-state index contributed by atoms with van der Waals surface area (Å²) in [4.78, 5) is 8.34. The number of ether oxygens (including phenoxy) is 1. The van der Waals surface area contributed by atoms with Crippen LogP contribution in [0.2, 0.25) is 0 Å². The first-order valence-electron chi connectivity index (χ1n) is 5.95. The van der Waals surface area contributed by atoms with Crippen LogP contribution in [0.5, 0.6) is 0 Å². The van der Waals surface area contributed by atoms with E-state index in [1.54, 1.807) is 12.4 Å². The molecule has 1 aliphatic rings. The van der Waals surface area contributed by atoms with Gasteiger partial charge in [-0.2, -0.15) is 4.98 Å². The third-order valence-corrected chi connectivity index (χ3v) is 2.80. The Hall–Kier alpha value is -1.79. The molecular formula is C12H14N4O2. The highest BCUT2D eigenvalue weighted by Crippen LogP contribution is 2.17. The molecular weight excluding hydrogens is 232 g/mol. The van der Waals surface area contributed by atoms with E-state index in [9.17, 15) is 0 Å². The van der Waals surface area contributed by atoms with E-state index in [1.807, 2.05) is 12.1 Å². The predicted octanol–water partition coefficient (Wildman–Crippen LogP) is 0.716. The van der Waals surface area contributed by atoms with Crippen LogP contribution < -0.4 is 5.32 Å². The number of nitrogens with one attached hydrogen (secondary N) is 1. The third kappa shape index (κ3) is 2.55. The zero-order valence-electron chi connectivity index (χ0n) is 9.87. The van der Waals surface area contributed by atoms with Gasteiger partial charge in [-0.05, 0) is 17.7 Å². The first kappa shape index (κ1) is 11.3. The van der Waals surface area contributed by atoms with Crippen LogP contribution in [-0.4, -0.2) is 34.8 Å². The summed E-state index contributed by atoms with van der Waals surface area (Å²) in [6.07, 6.45) is 4.03. The molecule has 2 aromatic rings. The van der Waals surface area contributed by atoms with Gasteiger partial charge >= 0.3 is 0 Å². The summed E-state index contributed by atoms with van der Waals surface area (Å²) in [7, 11) is 0. The molecule has 94 valence electrons. The fourth-order valence-electron chi connectivity index (χ4n) is 1.88. The largest absolute Gasteiger partial charge is 0.366 e. The lowest BCUT2D eigenvalue weighted by atomic mass is 10.2. The second-order valence-corrected chi connectivity index (χ2v) is 4.14. The van der Waals surface area contributed by atoms with Crippen molar-refractivity contribution in [3.63, 3.8) is 0 Å². The molecule has 18 heavy (non-hydrogen) atoms. The van der Waals surface area contributed by atoms with Gasteiger partial charge in [0.15, 0.2) is 5.82 Å².